The average Bonchev–Trinajstić information content (AvgIpc) is 2.95. The molecule has 2 aromatic rings. The van der Waals surface area contributed by atoms with E-state index in [1.54, 1.807) is 6.92 Å². The van der Waals surface area contributed by atoms with E-state index in [2.05, 4.69) is 20.2 Å². The van der Waals surface area contributed by atoms with Crippen LogP contribution in [0.15, 0.2) is 17.1 Å². The summed E-state index contributed by atoms with van der Waals surface area (Å²) in [6.45, 7) is -0.630. The molecule has 0 radical (unpaired) electrons. The van der Waals surface area contributed by atoms with Gasteiger partial charge in [-0.15, -0.1) is 0 Å². The maximum atomic E-state index is 11.4. The lowest BCUT2D eigenvalue weighted by atomic mass is 10.2. The molecule has 0 amide bonds. The van der Waals surface area contributed by atoms with E-state index in [1.165, 1.54) is 12.3 Å². The van der Waals surface area contributed by atoms with Gasteiger partial charge >= 0.3 is 0 Å². The third kappa shape index (κ3) is 1.86. The number of hydrogen-bond donors (Lipinski definition) is 1. The number of nitrogens with one attached hydrogen (secondary N) is 1. The van der Waals surface area contributed by atoms with Crippen molar-refractivity contribution in [2.24, 2.45) is 6.98 Å². The number of aromatic amines is 1. The van der Waals surface area contributed by atoms with Crippen molar-refractivity contribution >= 4 is 0 Å². The lowest BCUT2D eigenvalue weighted by Gasteiger charge is -1.99. The highest BCUT2D eigenvalue weighted by Crippen LogP contribution is 2.52. The lowest BCUT2D eigenvalue weighted by Crippen LogP contribution is -2.10. The summed E-state index contributed by atoms with van der Waals surface area (Å²) in [5.41, 5.74) is 1.18. The van der Waals surface area contributed by atoms with E-state index < -0.39 is 6.98 Å². The van der Waals surface area contributed by atoms with E-state index >= 15 is 0 Å². The van der Waals surface area contributed by atoms with Crippen LogP contribution in [-0.2, 0) is 6.98 Å². The third-order valence-corrected chi connectivity index (χ3v) is 2.94. The fraction of sp³-hybridized carbons (Fsp3) is 0.455. The van der Waals surface area contributed by atoms with Crippen LogP contribution in [0.25, 0.3) is 0 Å². The van der Waals surface area contributed by atoms with Crippen molar-refractivity contribution in [3.8, 4) is 0 Å². The lowest BCUT2D eigenvalue weighted by molar-refractivity contribution is 0.644. The standard InChI is InChI=1S/C11H13N5O/c1-6-13-9(4-11(17)14-6)7-3-8(7)10-5-12-16(2)15-10/h4-5,7-8H,3H2,1-2H3,(H,13,14,17)/t7-,8-/m0/s1/i2D3. The third-order valence-electron chi connectivity index (χ3n) is 2.94. The van der Waals surface area contributed by atoms with Crippen molar-refractivity contribution in [2.45, 2.75) is 25.2 Å². The molecule has 17 heavy (non-hydrogen) atoms. The van der Waals surface area contributed by atoms with Crippen molar-refractivity contribution in [1.82, 2.24) is 25.0 Å². The maximum absolute atomic E-state index is 11.4. The molecule has 2 atom stereocenters. The first kappa shape index (κ1) is 7.37. The molecular formula is C11H13N5O. The van der Waals surface area contributed by atoms with Gasteiger partial charge in [0.2, 0.25) is 0 Å². The second-order valence-corrected chi connectivity index (χ2v) is 4.26. The molecule has 0 aliphatic heterocycles. The monoisotopic (exact) mass is 234 g/mol. The van der Waals surface area contributed by atoms with Crippen LogP contribution in [0.1, 0.15) is 39.6 Å². The zero-order valence-corrected chi connectivity index (χ0v) is 9.21. The molecule has 1 aliphatic rings. The van der Waals surface area contributed by atoms with Crippen molar-refractivity contribution < 1.29 is 4.11 Å². The van der Waals surface area contributed by atoms with Crippen molar-refractivity contribution in [1.29, 1.82) is 0 Å². The van der Waals surface area contributed by atoms with E-state index in [4.69, 9.17) is 4.11 Å². The molecule has 0 aromatic carbocycles. The smallest absolute Gasteiger partial charge is 0.251 e. The zero-order valence-electron chi connectivity index (χ0n) is 12.2. The van der Waals surface area contributed by atoms with Gasteiger partial charge in [-0.25, -0.2) is 4.98 Å². The van der Waals surface area contributed by atoms with Crippen LogP contribution in [0.3, 0.4) is 0 Å². The number of H-pyrrole nitrogens is 1. The summed E-state index contributed by atoms with van der Waals surface area (Å²) in [6, 6.07) is 1.48. The van der Waals surface area contributed by atoms with Crippen LogP contribution >= 0.6 is 0 Å². The van der Waals surface area contributed by atoms with E-state index in [1.807, 2.05) is 0 Å². The van der Waals surface area contributed by atoms with Gasteiger partial charge in [0.25, 0.3) is 5.56 Å². The molecule has 0 saturated heterocycles. The minimum Gasteiger partial charge on any atom is -0.311 e. The van der Waals surface area contributed by atoms with Gasteiger partial charge in [-0.1, -0.05) is 0 Å². The second kappa shape index (κ2) is 3.51. The van der Waals surface area contributed by atoms with Crippen LogP contribution in [0.5, 0.6) is 0 Å². The van der Waals surface area contributed by atoms with Crippen LogP contribution in [0, 0.1) is 6.92 Å². The minimum absolute atomic E-state index is 0.0831. The molecule has 0 spiro atoms. The summed E-state index contributed by atoms with van der Waals surface area (Å²) < 4.78 is 21.7. The Morgan fingerprint density at radius 2 is 2.35 bits per heavy atom. The Balaban J connectivity index is 1.82. The topological polar surface area (TPSA) is 76.5 Å². The van der Waals surface area contributed by atoms with Crippen molar-refractivity contribution in [3.63, 3.8) is 0 Å². The first-order valence-electron chi connectivity index (χ1n) is 6.85. The van der Waals surface area contributed by atoms with Gasteiger partial charge in [-0.2, -0.15) is 15.0 Å². The van der Waals surface area contributed by atoms with Gasteiger partial charge in [0.1, 0.15) is 5.82 Å². The summed E-state index contributed by atoms with van der Waals surface area (Å²) in [5, 5.41) is 7.76. The maximum Gasteiger partial charge on any atom is 0.251 e. The Morgan fingerprint density at radius 1 is 1.53 bits per heavy atom. The SMILES string of the molecule is [2H]C([2H])([2H])n1ncc([C@H]2C[C@@H]2c2cc(=O)[nH]c(C)n2)n1. The highest BCUT2D eigenvalue weighted by Gasteiger charge is 2.42. The predicted molar refractivity (Wildman–Crippen MR) is 60.7 cm³/mol. The number of hydrogen-bond acceptors (Lipinski definition) is 4. The van der Waals surface area contributed by atoms with Gasteiger partial charge < -0.3 is 4.98 Å². The van der Waals surface area contributed by atoms with E-state index in [9.17, 15) is 4.79 Å². The molecule has 1 aliphatic carbocycles. The Bertz CT molecular complexity index is 705. The molecule has 3 rings (SSSR count). The van der Waals surface area contributed by atoms with Gasteiger partial charge in [-0.05, 0) is 13.3 Å². The molecule has 2 heterocycles. The minimum atomic E-state index is -2.36. The van der Waals surface area contributed by atoms with Gasteiger partial charge in [0.05, 0.1) is 17.6 Å². The molecule has 88 valence electrons. The fourth-order valence-electron chi connectivity index (χ4n) is 2.09. The van der Waals surface area contributed by atoms with Crippen LogP contribution in [0.2, 0.25) is 0 Å². The molecule has 6 nitrogen and oxygen atoms in total. The summed E-state index contributed by atoms with van der Waals surface area (Å²) in [4.78, 5) is 19.1. The highest BCUT2D eigenvalue weighted by atomic mass is 16.1. The Kier molecular flexibility index (Phi) is 1.52. The predicted octanol–water partition coefficient (Wildman–Crippen LogP) is 0.478. The molecular weight excluding hydrogens is 218 g/mol. The number of nitrogens with zero attached hydrogens (tertiary/aromatic N) is 4. The van der Waals surface area contributed by atoms with Gasteiger partial charge in [0.15, 0.2) is 0 Å². The molecule has 1 N–H and O–H groups in total. The van der Waals surface area contributed by atoms with E-state index in [0.717, 1.165) is 16.9 Å². The fourth-order valence-corrected chi connectivity index (χ4v) is 2.09. The molecule has 0 bridgehead atoms. The number of aryl methyl sites for hydroxylation is 2. The normalized spacial score (nSPS) is 26.1. The van der Waals surface area contributed by atoms with E-state index in [-0.39, 0.29) is 17.4 Å². The average molecular weight is 234 g/mol. The second-order valence-electron chi connectivity index (χ2n) is 4.26. The van der Waals surface area contributed by atoms with Gasteiger partial charge in [0, 0.05) is 29.0 Å². The highest BCUT2D eigenvalue weighted by molar-refractivity contribution is 5.27. The summed E-state index contributed by atoms with van der Waals surface area (Å²) in [6.07, 6.45) is 2.27. The Morgan fingerprint density at radius 3 is 3.06 bits per heavy atom. The van der Waals surface area contributed by atoms with Crippen molar-refractivity contribution in [2.75, 3.05) is 0 Å². The van der Waals surface area contributed by atoms with Crippen LogP contribution < -0.4 is 5.56 Å². The summed E-state index contributed by atoms with van der Waals surface area (Å²) >= 11 is 0. The Hall–Kier alpha value is -1.98. The van der Waals surface area contributed by atoms with Crippen molar-refractivity contribution in [3.05, 3.63) is 39.8 Å². The number of aromatic nitrogens is 5. The molecule has 1 saturated carbocycles. The largest absolute Gasteiger partial charge is 0.311 e. The molecule has 0 unspecified atom stereocenters. The van der Waals surface area contributed by atoms with Gasteiger partial charge in [-0.3, -0.25) is 4.79 Å². The zero-order chi connectivity index (χ0) is 14.5. The molecule has 2 aromatic heterocycles. The molecule has 6 heteroatoms. The molecule has 1 fully saturated rings. The summed E-state index contributed by atoms with van der Waals surface area (Å²) in [5.74, 6) is 0.766. The summed E-state index contributed by atoms with van der Waals surface area (Å²) in [7, 11) is 0. The van der Waals surface area contributed by atoms with E-state index in [0.29, 0.717) is 11.5 Å². The first-order chi connectivity index (χ1) is 9.34. The van der Waals surface area contributed by atoms with Crippen LogP contribution in [-0.4, -0.2) is 25.0 Å². The first-order valence-corrected chi connectivity index (χ1v) is 5.35. The van der Waals surface area contributed by atoms with Crippen LogP contribution in [0.4, 0.5) is 0 Å². The quantitative estimate of drug-likeness (QED) is 0.819. The number of rotatable bonds is 2. The Labute approximate surface area is 102 Å².